The summed E-state index contributed by atoms with van der Waals surface area (Å²) < 4.78 is 9.73. The number of rotatable bonds is 4. The third-order valence-corrected chi connectivity index (χ3v) is 2.98. The van der Waals surface area contributed by atoms with Gasteiger partial charge in [0.1, 0.15) is 11.6 Å². The van der Waals surface area contributed by atoms with Crippen LogP contribution in [0.2, 0.25) is 0 Å². The van der Waals surface area contributed by atoms with E-state index < -0.39 is 23.7 Å². The largest absolute Gasteiger partial charge is 0.467 e. The molecule has 2 atom stereocenters. The summed E-state index contributed by atoms with van der Waals surface area (Å²) in [7, 11) is 1.29. The van der Waals surface area contributed by atoms with Gasteiger partial charge in [0, 0.05) is 5.25 Å². The van der Waals surface area contributed by atoms with Crippen molar-refractivity contribution in [1.29, 1.82) is 0 Å². The predicted octanol–water partition coefficient (Wildman–Crippen LogP) is 1.80. The molecule has 0 spiro atoms. The average molecular weight is 263 g/mol. The Hall–Kier alpha value is -0.910. The maximum atomic E-state index is 11.6. The van der Waals surface area contributed by atoms with Crippen LogP contribution >= 0.6 is 11.8 Å². The monoisotopic (exact) mass is 263 g/mol. The van der Waals surface area contributed by atoms with Gasteiger partial charge >= 0.3 is 12.1 Å². The first-order chi connectivity index (χ1) is 7.71. The number of alkyl carbamates (subject to hydrolysis) is 1. The molecule has 0 unspecified atom stereocenters. The topological polar surface area (TPSA) is 64.6 Å². The van der Waals surface area contributed by atoms with Crippen molar-refractivity contribution in [3.05, 3.63) is 0 Å². The van der Waals surface area contributed by atoms with Crippen LogP contribution in [0.5, 0.6) is 0 Å². The lowest BCUT2D eigenvalue weighted by Crippen LogP contribution is -2.48. The van der Waals surface area contributed by atoms with E-state index in [1.54, 1.807) is 20.8 Å². The first-order valence-corrected chi connectivity index (χ1v) is 6.60. The van der Waals surface area contributed by atoms with E-state index >= 15 is 0 Å². The highest BCUT2D eigenvalue weighted by molar-refractivity contribution is 7.99. The summed E-state index contributed by atoms with van der Waals surface area (Å²) in [4.78, 5) is 23.1. The Kier molecular flexibility index (Phi) is 6.37. The third-order valence-electron chi connectivity index (χ3n) is 1.97. The van der Waals surface area contributed by atoms with Crippen LogP contribution in [-0.4, -0.2) is 42.3 Å². The highest BCUT2D eigenvalue weighted by Gasteiger charge is 2.29. The van der Waals surface area contributed by atoms with Gasteiger partial charge in [-0.3, -0.25) is 0 Å². The van der Waals surface area contributed by atoms with Gasteiger partial charge in [-0.2, -0.15) is 11.8 Å². The van der Waals surface area contributed by atoms with Crippen molar-refractivity contribution < 1.29 is 19.1 Å². The van der Waals surface area contributed by atoms with Gasteiger partial charge in [0.15, 0.2) is 0 Å². The van der Waals surface area contributed by atoms with E-state index in [-0.39, 0.29) is 5.25 Å². The number of thioether (sulfide) groups is 1. The smallest absolute Gasteiger partial charge is 0.408 e. The fourth-order valence-electron chi connectivity index (χ4n) is 1.07. The quantitative estimate of drug-likeness (QED) is 0.784. The zero-order valence-corrected chi connectivity index (χ0v) is 12.0. The Bertz CT molecular complexity index is 275. The molecule has 0 aliphatic rings. The van der Waals surface area contributed by atoms with Crippen LogP contribution in [0, 0.1) is 0 Å². The van der Waals surface area contributed by atoms with Crippen molar-refractivity contribution in [2.75, 3.05) is 13.4 Å². The molecule has 0 aliphatic heterocycles. The number of methoxy groups -OCH3 is 1. The predicted molar refractivity (Wildman–Crippen MR) is 68.2 cm³/mol. The molecule has 0 radical (unpaired) electrons. The fraction of sp³-hybridized carbons (Fsp3) is 0.818. The molecule has 0 bridgehead atoms. The summed E-state index contributed by atoms with van der Waals surface area (Å²) in [6.45, 7) is 7.12. The van der Waals surface area contributed by atoms with E-state index in [0.717, 1.165) is 0 Å². The molecular weight excluding hydrogens is 242 g/mol. The van der Waals surface area contributed by atoms with Gasteiger partial charge in [0.25, 0.3) is 0 Å². The van der Waals surface area contributed by atoms with Gasteiger partial charge in [-0.05, 0) is 27.0 Å². The third kappa shape index (κ3) is 6.41. The Balaban J connectivity index is 4.54. The lowest BCUT2D eigenvalue weighted by Gasteiger charge is -2.24. The lowest BCUT2D eigenvalue weighted by molar-refractivity contribution is -0.143. The second-order valence-electron chi connectivity index (χ2n) is 4.59. The fourth-order valence-corrected chi connectivity index (χ4v) is 1.52. The standard InChI is InChI=1S/C11H21NO4S/c1-7(17-6)8(9(13)15-5)12-10(14)16-11(2,3)4/h7-8H,1-6H3,(H,12,14)/t7-,8+/m1/s1. The normalized spacial score (nSPS) is 14.7. The van der Waals surface area contributed by atoms with Crippen LogP contribution in [0.15, 0.2) is 0 Å². The number of amides is 1. The molecule has 0 aromatic heterocycles. The number of hydrogen-bond donors (Lipinski definition) is 1. The van der Waals surface area contributed by atoms with Gasteiger partial charge in [0.05, 0.1) is 7.11 Å². The van der Waals surface area contributed by atoms with Gasteiger partial charge in [-0.15, -0.1) is 0 Å². The van der Waals surface area contributed by atoms with E-state index in [1.807, 2.05) is 13.2 Å². The van der Waals surface area contributed by atoms with Crippen LogP contribution in [0.3, 0.4) is 0 Å². The summed E-state index contributed by atoms with van der Waals surface area (Å²) in [5.41, 5.74) is -0.590. The van der Waals surface area contributed by atoms with Gasteiger partial charge < -0.3 is 14.8 Å². The van der Waals surface area contributed by atoms with Gasteiger partial charge in [-0.1, -0.05) is 6.92 Å². The molecule has 5 nitrogen and oxygen atoms in total. The molecule has 1 N–H and O–H groups in total. The summed E-state index contributed by atoms with van der Waals surface area (Å²) in [5.74, 6) is -0.474. The molecule has 0 fully saturated rings. The summed E-state index contributed by atoms with van der Waals surface area (Å²) >= 11 is 1.47. The number of ether oxygens (including phenoxy) is 2. The van der Waals surface area contributed by atoms with Crippen molar-refractivity contribution in [1.82, 2.24) is 5.32 Å². The number of carbonyl (C=O) groups is 2. The van der Waals surface area contributed by atoms with Crippen LogP contribution in [0.4, 0.5) is 4.79 Å². The molecule has 17 heavy (non-hydrogen) atoms. The number of nitrogens with one attached hydrogen (secondary N) is 1. The summed E-state index contributed by atoms with van der Waals surface area (Å²) in [6, 6.07) is -0.704. The average Bonchev–Trinajstić information content (AvgIpc) is 2.21. The van der Waals surface area contributed by atoms with E-state index in [4.69, 9.17) is 4.74 Å². The first-order valence-electron chi connectivity index (χ1n) is 5.31. The highest BCUT2D eigenvalue weighted by Crippen LogP contribution is 2.13. The van der Waals surface area contributed by atoms with Crippen LogP contribution < -0.4 is 5.32 Å². The van der Waals surface area contributed by atoms with Crippen LogP contribution in [0.1, 0.15) is 27.7 Å². The summed E-state index contributed by atoms with van der Waals surface area (Å²) in [6.07, 6.45) is 1.24. The number of carbonyl (C=O) groups excluding carboxylic acids is 2. The summed E-state index contributed by atoms with van der Waals surface area (Å²) in [5, 5.41) is 2.43. The minimum absolute atomic E-state index is 0.0880. The van der Waals surface area contributed by atoms with Gasteiger partial charge in [-0.25, -0.2) is 9.59 Å². The van der Waals surface area contributed by atoms with E-state index in [1.165, 1.54) is 18.9 Å². The molecule has 1 amide bonds. The Morgan fingerprint density at radius 1 is 1.29 bits per heavy atom. The Labute approximate surface area is 107 Å². The minimum atomic E-state index is -0.704. The van der Waals surface area contributed by atoms with Crippen LogP contribution in [0.25, 0.3) is 0 Å². The molecule has 6 heteroatoms. The second kappa shape index (κ2) is 6.74. The SMILES string of the molecule is COC(=O)[C@@H](NC(=O)OC(C)(C)C)[C@@H](C)SC. The zero-order chi connectivity index (χ0) is 13.6. The van der Waals surface area contributed by atoms with Crippen molar-refractivity contribution >= 4 is 23.8 Å². The molecule has 0 aromatic carbocycles. The van der Waals surface area contributed by atoms with E-state index in [9.17, 15) is 9.59 Å². The van der Waals surface area contributed by atoms with Crippen molar-refractivity contribution in [3.8, 4) is 0 Å². The second-order valence-corrected chi connectivity index (χ2v) is 5.80. The molecule has 0 aromatic rings. The van der Waals surface area contributed by atoms with Crippen molar-refractivity contribution in [2.24, 2.45) is 0 Å². The first kappa shape index (κ1) is 16.1. The van der Waals surface area contributed by atoms with Crippen LogP contribution in [-0.2, 0) is 14.3 Å². The maximum absolute atomic E-state index is 11.6. The van der Waals surface area contributed by atoms with Crippen molar-refractivity contribution in [2.45, 2.75) is 44.6 Å². The molecule has 0 rings (SSSR count). The number of hydrogen-bond acceptors (Lipinski definition) is 5. The van der Waals surface area contributed by atoms with E-state index in [0.29, 0.717) is 0 Å². The van der Waals surface area contributed by atoms with Crippen molar-refractivity contribution in [3.63, 3.8) is 0 Å². The van der Waals surface area contributed by atoms with E-state index in [2.05, 4.69) is 10.1 Å². The molecular formula is C11H21NO4S. The maximum Gasteiger partial charge on any atom is 0.408 e. The molecule has 100 valence electrons. The molecule has 0 aliphatic carbocycles. The van der Waals surface area contributed by atoms with Gasteiger partial charge in [0.2, 0.25) is 0 Å². The molecule has 0 saturated carbocycles. The Morgan fingerprint density at radius 3 is 2.18 bits per heavy atom. The minimum Gasteiger partial charge on any atom is -0.467 e. The molecule has 0 heterocycles. The zero-order valence-electron chi connectivity index (χ0n) is 11.2. The lowest BCUT2D eigenvalue weighted by atomic mass is 10.2. The molecule has 0 saturated heterocycles. The Morgan fingerprint density at radius 2 is 1.82 bits per heavy atom. The highest BCUT2D eigenvalue weighted by atomic mass is 32.2. The number of esters is 1.